The molecule has 0 spiro atoms. The molecule has 1 heterocycles. The van der Waals surface area contributed by atoms with Crippen LogP contribution in [0.5, 0.6) is 5.75 Å². The molecule has 0 saturated carbocycles. The maximum Gasteiger partial charge on any atom is 0.183 e. The summed E-state index contributed by atoms with van der Waals surface area (Å²) in [5.41, 5.74) is 6.57. The topological polar surface area (TPSA) is 98.4 Å². The zero-order valence-electron chi connectivity index (χ0n) is 26.2. The third-order valence-electron chi connectivity index (χ3n) is 8.03. The third-order valence-corrected chi connectivity index (χ3v) is 8.03. The Hall–Kier alpha value is -4.50. The Balaban J connectivity index is 1.18. The molecule has 0 aromatic heterocycles. The molecule has 3 aromatic carbocycles. The monoisotopic (exact) mass is 609 g/mol. The highest BCUT2D eigenvalue weighted by molar-refractivity contribution is 6.04. The maximum atomic E-state index is 13.1. The van der Waals surface area contributed by atoms with Gasteiger partial charge in [-0.3, -0.25) is 9.59 Å². The zero-order valence-corrected chi connectivity index (χ0v) is 26.2. The molecule has 8 nitrogen and oxygen atoms in total. The van der Waals surface area contributed by atoms with E-state index in [0.29, 0.717) is 43.0 Å². The second-order valence-corrected chi connectivity index (χ2v) is 11.0. The summed E-state index contributed by atoms with van der Waals surface area (Å²) in [5.74, 6) is 0.582. The number of benzene rings is 4. The van der Waals surface area contributed by atoms with Gasteiger partial charge in [-0.15, -0.1) is 0 Å². The fourth-order valence-electron chi connectivity index (χ4n) is 5.70. The molecule has 1 aliphatic carbocycles. The molecule has 1 N–H and O–H groups in total. The van der Waals surface area contributed by atoms with E-state index in [-0.39, 0.29) is 23.3 Å². The molecule has 0 saturated heterocycles. The zero-order chi connectivity index (χ0) is 31.9. The summed E-state index contributed by atoms with van der Waals surface area (Å²) >= 11 is 0. The Kier molecular flexibility index (Phi) is 10.3. The van der Waals surface area contributed by atoms with Crippen molar-refractivity contribution in [3.63, 3.8) is 0 Å². The third kappa shape index (κ3) is 7.26. The SMILES string of the molecule is CCN(CCOCCCC(=O)c1ccc(-c2c3ccc(=O)cc-3oc3cc(O)ccc23)c(C)c1)c1ccc(C(OC)OC)cc1. The molecular weight excluding hydrogens is 570 g/mol. The summed E-state index contributed by atoms with van der Waals surface area (Å²) < 4.78 is 22.5. The number of hydrogen-bond acceptors (Lipinski definition) is 8. The molecule has 2 aliphatic rings. The number of phenols is 1. The van der Waals surface area contributed by atoms with E-state index in [4.69, 9.17) is 18.6 Å². The Labute approximate surface area is 263 Å². The van der Waals surface area contributed by atoms with Crippen molar-refractivity contribution in [2.24, 2.45) is 0 Å². The molecule has 45 heavy (non-hydrogen) atoms. The number of Topliss-reactive ketones (excluding diaryl/α,β-unsaturated/α-hetero) is 1. The van der Waals surface area contributed by atoms with Crippen LogP contribution in [0.15, 0.2) is 88.1 Å². The Morgan fingerprint density at radius 3 is 2.38 bits per heavy atom. The van der Waals surface area contributed by atoms with E-state index in [0.717, 1.165) is 52.0 Å². The molecule has 0 unspecified atom stereocenters. The first kappa shape index (κ1) is 31.9. The normalized spacial score (nSPS) is 11.5. The first-order valence-corrected chi connectivity index (χ1v) is 15.1. The lowest BCUT2D eigenvalue weighted by Gasteiger charge is -2.24. The average Bonchev–Trinajstić information content (AvgIpc) is 3.04. The van der Waals surface area contributed by atoms with E-state index in [2.05, 4.69) is 24.0 Å². The molecule has 0 amide bonds. The number of anilines is 1. The van der Waals surface area contributed by atoms with E-state index < -0.39 is 0 Å². The highest BCUT2D eigenvalue weighted by Gasteiger charge is 2.20. The van der Waals surface area contributed by atoms with E-state index in [1.165, 1.54) is 12.1 Å². The number of carbonyl (C=O) groups excluding carboxylic acids is 1. The van der Waals surface area contributed by atoms with Crippen LogP contribution in [-0.2, 0) is 14.2 Å². The second-order valence-electron chi connectivity index (χ2n) is 11.0. The van der Waals surface area contributed by atoms with Gasteiger partial charge in [-0.05, 0) is 73.9 Å². The highest BCUT2D eigenvalue weighted by atomic mass is 16.7. The molecule has 0 bridgehead atoms. The quantitative estimate of drug-likeness (QED) is 0.0603. The van der Waals surface area contributed by atoms with Crippen LogP contribution < -0.4 is 10.3 Å². The number of rotatable bonds is 14. The number of carbonyl (C=O) groups is 1. The number of aromatic hydroxyl groups is 1. The summed E-state index contributed by atoms with van der Waals surface area (Å²) in [6, 6.07) is 23.5. The largest absolute Gasteiger partial charge is 0.508 e. The van der Waals surface area contributed by atoms with Gasteiger partial charge >= 0.3 is 0 Å². The van der Waals surface area contributed by atoms with E-state index >= 15 is 0 Å². The lowest BCUT2D eigenvalue weighted by Crippen LogP contribution is -2.27. The van der Waals surface area contributed by atoms with Crippen molar-refractivity contribution < 1.29 is 28.5 Å². The fraction of sp³-hybridized carbons (Fsp3) is 0.297. The predicted molar refractivity (Wildman–Crippen MR) is 176 cm³/mol. The number of ether oxygens (including phenoxy) is 3. The van der Waals surface area contributed by atoms with E-state index in [1.807, 2.05) is 43.3 Å². The molecule has 0 radical (unpaired) electrons. The van der Waals surface area contributed by atoms with Gasteiger partial charge in [0, 0.05) is 85.8 Å². The van der Waals surface area contributed by atoms with Crippen molar-refractivity contribution >= 4 is 22.4 Å². The number of likely N-dealkylation sites (N-methyl/N-ethyl adjacent to an activating group) is 1. The Bertz CT molecular complexity index is 1790. The van der Waals surface area contributed by atoms with Gasteiger partial charge in [0.2, 0.25) is 0 Å². The number of nitrogens with zero attached hydrogens (tertiary/aromatic N) is 1. The Morgan fingerprint density at radius 2 is 1.67 bits per heavy atom. The molecule has 0 fully saturated rings. The Morgan fingerprint density at radius 1 is 0.911 bits per heavy atom. The van der Waals surface area contributed by atoms with Crippen LogP contribution in [0.2, 0.25) is 0 Å². The molecule has 0 atom stereocenters. The predicted octanol–water partition coefficient (Wildman–Crippen LogP) is 7.38. The average molecular weight is 610 g/mol. The van der Waals surface area contributed by atoms with Gasteiger partial charge in [-0.1, -0.05) is 24.3 Å². The molecular formula is C37H39NO7. The van der Waals surface area contributed by atoms with Crippen LogP contribution in [-0.4, -0.2) is 51.4 Å². The lowest BCUT2D eigenvalue weighted by molar-refractivity contribution is -0.106. The van der Waals surface area contributed by atoms with Gasteiger partial charge < -0.3 is 28.6 Å². The first-order chi connectivity index (χ1) is 21.8. The molecule has 3 aromatic rings. The number of phenolic OH excluding ortho intramolecular Hbond substituents is 1. The van der Waals surface area contributed by atoms with Crippen LogP contribution in [0.1, 0.15) is 47.5 Å². The van der Waals surface area contributed by atoms with Gasteiger partial charge in [0.15, 0.2) is 17.5 Å². The van der Waals surface area contributed by atoms with Crippen molar-refractivity contribution in [1.29, 1.82) is 0 Å². The van der Waals surface area contributed by atoms with Crippen molar-refractivity contribution in [2.45, 2.75) is 33.0 Å². The van der Waals surface area contributed by atoms with E-state index in [9.17, 15) is 14.7 Å². The highest BCUT2D eigenvalue weighted by Crippen LogP contribution is 2.42. The minimum Gasteiger partial charge on any atom is -0.508 e. The fourth-order valence-corrected chi connectivity index (χ4v) is 5.70. The van der Waals surface area contributed by atoms with Gasteiger partial charge in [-0.2, -0.15) is 0 Å². The summed E-state index contributed by atoms with van der Waals surface area (Å²) in [5, 5.41) is 10.8. The lowest BCUT2D eigenvalue weighted by atomic mass is 9.89. The number of aryl methyl sites for hydroxylation is 1. The van der Waals surface area contributed by atoms with E-state index in [1.54, 1.807) is 32.4 Å². The molecule has 8 heteroatoms. The smallest absolute Gasteiger partial charge is 0.183 e. The molecule has 1 aliphatic heterocycles. The van der Waals surface area contributed by atoms with Gasteiger partial charge in [0.05, 0.1) is 6.61 Å². The minimum atomic E-state index is -0.381. The van der Waals surface area contributed by atoms with Crippen molar-refractivity contribution in [1.82, 2.24) is 0 Å². The van der Waals surface area contributed by atoms with Crippen LogP contribution in [0.3, 0.4) is 0 Å². The summed E-state index contributed by atoms with van der Waals surface area (Å²) in [7, 11) is 3.24. The minimum absolute atomic E-state index is 0.0626. The summed E-state index contributed by atoms with van der Waals surface area (Å²) in [6.07, 6.45) is 0.639. The summed E-state index contributed by atoms with van der Waals surface area (Å²) in [4.78, 5) is 27.4. The van der Waals surface area contributed by atoms with Crippen LogP contribution in [0, 0.1) is 6.92 Å². The second kappa shape index (κ2) is 14.5. The number of methoxy groups -OCH3 is 2. The van der Waals surface area contributed by atoms with Crippen molar-refractivity contribution in [2.75, 3.05) is 45.4 Å². The van der Waals surface area contributed by atoms with Crippen LogP contribution in [0.25, 0.3) is 33.4 Å². The molecule has 5 rings (SSSR count). The van der Waals surface area contributed by atoms with Gasteiger partial charge in [0.25, 0.3) is 0 Å². The van der Waals surface area contributed by atoms with Gasteiger partial charge in [0.1, 0.15) is 17.1 Å². The first-order valence-electron chi connectivity index (χ1n) is 15.1. The number of fused-ring (bicyclic) bond motifs is 2. The standard InChI is InChI=1S/C37H39NO7/c1-5-38(27-11-8-25(9-12-27)37(42-3)43-4)18-20-44-19-6-7-33(41)26-10-15-30(24(2)21-26)36-31-16-13-28(39)22-34(31)45-35-23-29(40)14-17-32(35)36/h8-17,21-23,37,39H,5-7,18-20H2,1-4H3. The number of hydrogen-bond donors (Lipinski definition) is 1. The van der Waals surface area contributed by atoms with Crippen LogP contribution >= 0.6 is 0 Å². The summed E-state index contributed by atoms with van der Waals surface area (Å²) in [6.45, 7) is 6.74. The number of ketones is 1. The van der Waals surface area contributed by atoms with Crippen molar-refractivity contribution in [3.05, 3.63) is 106 Å². The van der Waals surface area contributed by atoms with Crippen LogP contribution in [0.4, 0.5) is 5.69 Å². The maximum absolute atomic E-state index is 13.1. The van der Waals surface area contributed by atoms with Gasteiger partial charge in [-0.25, -0.2) is 0 Å². The molecule has 234 valence electrons. The van der Waals surface area contributed by atoms with Crippen molar-refractivity contribution in [3.8, 4) is 28.2 Å².